The predicted molar refractivity (Wildman–Crippen MR) is 39.2 cm³/mol. The number of hydrogen-bond donors (Lipinski definition) is 0. The van der Waals surface area contributed by atoms with Gasteiger partial charge in [0, 0.05) is 6.42 Å². The first kappa shape index (κ1) is 9.03. The van der Waals surface area contributed by atoms with Gasteiger partial charge >= 0.3 is 5.97 Å². The van der Waals surface area contributed by atoms with E-state index in [4.69, 9.17) is 6.42 Å². The van der Waals surface area contributed by atoms with Crippen molar-refractivity contribution < 1.29 is 9.53 Å². The van der Waals surface area contributed by atoms with Gasteiger partial charge in [-0.15, -0.1) is 12.3 Å². The van der Waals surface area contributed by atoms with E-state index in [0.29, 0.717) is 6.42 Å². The highest BCUT2D eigenvalue weighted by molar-refractivity contribution is 5.72. The van der Waals surface area contributed by atoms with E-state index in [9.17, 15) is 4.79 Å². The van der Waals surface area contributed by atoms with Gasteiger partial charge in [-0.2, -0.15) is 0 Å². The molecular formula is C8H12O2. The molecule has 0 amide bonds. The van der Waals surface area contributed by atoms with Crippen molar-refractivity contribution in [1.82, 2.24) is 0 Å². The van der Waals surface area contributed by atoms with Gasteiger partial charge in [-0.3, -0.25) is 4.79 Å². The molecule has 0 saturated heterocycles. The lowest BCUT2D eigenvalue weighted by molar-refractivity contribution is -0.145. The molecule has 0 aliphatic carbocycles. The zero-order valence-electron chi connectivity index (χ0n) is 6.39. The van der Waals surface area contributed by atoms with E-state index in [1.165, 1.54) is 7.11 Å². The van der Waals surface area contributed by atoms with Crippen molar-refractivity contribution in [3.8, 4) is 12.3 Å². The maximum absolute atomic E-state index is 10.8. The number of hydrogen-bond acceptors (Lipinski definition) is 2. The molecule has 1 unspecified atom stereocenters. The molecule has 0 aromatic rings. The van der Waals surface area contributed by atoms with Gasteiger partial charge in [0.15, 0.2) is 0 Å². The van der Waals surface area contributed by atoms with Gasteiger partial charge in [-0.1, -0.05) is 6.92 Å². The van der Waals surface area contributed by atoms with Gasteiger partial charge in [-0.05, 0) is 6.42 Å². The second kappa shape index (κ2) is 4.87. The number of methoxy groups -OCH3 is 1. The Morgan fingerprint density at radius 3 is 2.70 bits per heavy atom. The van der Waals surface area contributed by atoms with E-state index >= 15 is 0 Å². The number of ether oxygens (including phenoxy) is 1. The Bertz CT molecular complexity index is 144. The summed E-state index contributed by atoms with van der Waals surface area (Å²) in [6, 6.07) is 0. The average Bonchev–Trinajstić information content (AvgIpc) is 1.99. The molecule has 0 heterocycles. The van der Waals surface area contributed by atoms with Gasteiger partial charge < -0.3 is 4.74 Å². The average molecular weight is 140 g/mol. The summed E-state index contributed by atoms with van der Waals surface area (Å²) in [5.74, 6) is 2.11. The number of rotatable bonds is 3. The summed E-state index contributed by atoms with van der Waals surface area (Å²) in [5.41, 5.74) is 0. The molecule has 0 rings (SSSR count). The minimum absolute atomic E-state index is 0.116. The smallest absolute Gasteiger partial charge is 0.309 e. The zero-order valence-corrected chi connectivity index (χ0v) is 6.39. The van der Waals surface area contributed by atoms with Crippen molar-refractivity contribution in [2.75, 3.05) is 7.11 Å². The van der Waals surface area contributed by atoms with E-state index in [1.807, 2.05) is 6.92 Å². The van der Waals surface area contributed by atoms with Crippen molar-refractivity contribution in [3.63, 3.8) is 0 Å². The molecule has 0 saturated carbocycles. The first-order chi connectivity index (χ1) is 4.76. The SMILES string of the molecule is C#CCC(CC)C(=O)OC. The Labute approximate surface area is 61.6 Å². The van der Waals surface area contributed by atoms with E-state index in [0.717, 1.165) is 6.42 Å². The molecule has 1 atom stereocenters. The second-order valence-corrected chi connectivity index (χ2v) is 2.04. The standard InChI is InChI=1S/C8H12O2/c1-4-6-7(5-2)8(9)10-3/h1,7H,5-6H2,2-3H3. The minimum Gasteiger partial charge on any atom is -0.469 e. The van der Waals surface area contributed by atoms with Crippen LogP contribution in [0.2, 0.25) is 0 Å². The normalized spacial score (nSPS) is 11.7. The summed E-state index contributed by atoms with van der Waals surface area (Å²) in [5, 5.41) is 0. The van der Waals surface area contributed by atoms with Crippen LogP contribution in [0.25, 0.3) is 0 Å². The van der Waals surface area contributed by atoms with Gasteiger partial charge in [0.2, 0.25) is 0 Å². The number of esters is 1. The fraction of sp³-hybridized carbons (Fsp3) is 0.625. The maximum Gasteiger partial charge on any atom is 0.309 e. The van der Waals surface area contributed by atoms with E-state index in [1.54, 1.807) is 0 Å². The van der Waals surface area contributed by atoms with Crippen LogP contribution < -0.4 is 0 Å². The molecule has 0 aromatic heterocycles. The number of carbonyl (C=O) groups is 1. The van der Waals surface area contributed by atoms with Gasteiger partial charge in [0.1, 0.15) is 0 Å². The summed E-state index contributed by atoms with van der Waals surface area (Å²) in [6.45, 7) is 1.92. The minimum atomic E-state index is -0.208. The molecule has 0 N–H and O–H groups in total. The van der Waals surface area contributed by atoms with Gasteiger partial charge in [0.25, 0.3) is 0 Å². The van der Waals surface area contributed by atoms with Crippen LogP contribution in [-0.4, -0.2) is 13.1 Å². The summed E-state index contributed by atoms with van der Waals surface area (Å²) in [7, 11) is 1.38. The summed E-state index contributed by atoms with van der Waals surface area (Å²) in [6.07, 6.45) is 6.26. The highest BCUT2D eigenvalue weighted by atomic mass is 16.5. The molecule has 0 fully saturated rings. The first-order valence-corrected chi connectivity index (χ1v) is 3.27. The number of carbonyl (C=O) groups excluding carboxylic acids is 1. The van der Waals surface area contributed by atoms with Crippen LogP contribution in [-0.2, 0) is 9.53 Å². The Hall–Kier alpha value is -0.970. The molecule has 0 bridgehead atoms. The lowest BCUT2D eigenvalue weighted by Crippen LogP contribution is -2.14. The zero-order chi connectivity index (χ0) is 7.98. The van der Waals surface area contributed by atoms with Crippen molar-refractivity contribution in [2.24, 2.45) is 5.92 Å². The van der Waals surface area contributed by atoms with Crippen LogP contribution >= 0.6 is 0 Å². The van der Waals surface area contributed by atoms with Crippen LogP contribution in [0, 0.1) is 18.3 Å². The third-order valence-electron chi connectivity index (χ3n) is 1.39. The Balaban J connectivity index is 3.83. The lowest BCUT2D eigenvalue weighted by Gasteiger charge is -2.06. The quantitative estimate of drug-likeness (QED) is 0.435. The van der Waals surface area contributed by atoms with Crippen molar-refractivity contribution in [3.05, 3.63) is 0 Å². The van der Waals surface area contributed by atoms with Crippen LogP contribution in [0.15, 0.2) is 0 Å². The predicted octanol–water partition coefficient (Wildman–Crippen LogP) is 1.21. The molecule has 0 aromatic carbocycles. The molecule has 0 radical (unpaired) electrons. The molecule has 10 heavy (non-hydrogen) atoms. The van der Waals surface area contributed by atoms with E-state index in [-0.39, 0.29) is 11.9 Å². The molecule has 2 heteroatoms. The van der Waals surface area contributed by atoms with Crippen LogP contribution in [0.5, 0.6) is 0 Å². The topological polar surface area (TPSA) is 26.3 Å². The summed E-state index contributed by atoms with van der Waals surface area (Å²) < 4.78 is 4.52. The molecule has 56 valence electrons. The maximum atomic E-state index is 10.8. The van der Waals surface area contributed by atoms with Crippen molar-refractivity contribution >= 4 is 5.97 Å². The van der Waals surface area contributed by atoms with E-state index < -0.39 is 0 Å². The molecule has 0 spiro atoms. The summed E-state index contributed by atoms with van der Waals surface area (Å²) in [4.78, 5) is 10.8. The third-order valence-corrected chi connectivity index (χ3v) is 1.39. The molecule has 0 aliphatic rings. The first-order valence-electron chi connectivity index (χ1n) is 3.27. The Morgan fingerprint density at radius 1 is 1.80 bits per heavy atom. The van der Waals surface area contributed by atoms with Crippen LogP contribution in [0.4, 0.5) is 0 Å². The van der Waals surface area contributed by atoms with Gasteiger partial charge in [0.05, 0.1) is 13.0 Å². The van der Waals surface area contributed by atoms with E-state index in [2.05, 4.69) is 10.7 Å². The van der Waals surface area contributed by atoms with Gasteiger partial charge in [-0.25, -0.2) is 0 Å². The fourth-order valence-corrected chi connectivity index (χ4v) is 0.703. The summed E-state index contributed by atoms with van der Waals surface area (Å²) >= 11 is 0. The third kappa shape index (κ3) is 2.54. The largest absolute Gasteiger partial charge is 0.469 e. The highest BCUT2D eigenvalue weighted by Crippen LogP contribution is 2.08. The number of terminal acetylenes is 1. The van der Waals surface area contributed by atoms with Crippen LogP contribution in [0.3, 0.4) is 0 Å². The lowest BCUT2D eigenvalue weighted by atomic mass is 10.0. The Morgan fingerprint density at radius 2 is 2.40 bits per heavy atom. The second-order valence-electron chi connectivity index (χ2n) is 2.04. The highest BCUT2D eigenvalue weighted by Gasteiger charge is 2.14. The Kier molecular flexibility index (Phi) is 4.39. The monoisotopic (exact) mass is 140 g/mol. The van der Waals surface area contributed by atoms with Crippen LogP contribution in [0.1, 0.15) is 19.8 Å². The van der Waals surface area contributed by atoms with Crippen molar-refractivity contribution in [1.29, 1.82) is 0 Å². The fourth-order valence-electron chi connectivity index (χ4n) is 0.703. The van der Waals surface area contributed by atoms with Crippen molar-refractivity contribution in [2.45, 2.75) is 19.8 Å². The molecular weight excluding hydrogens is 128 g/mol. The molecule has 2 nitrogen and oxygen atoms in total. The molecule has 0 aliphatic heterocycles.